The van der Waals surface area contributed by atoms with Gasteiger partial charge in [-0.15, -0.1) is 4.68 Å². The van der Waals surface area contributed by atoms with Gasteiger partial charge in [-0.2, -0.15) is 5.10 Å². The van der Waals surface area contributed by atoms with Crippen molar-refractivity contribution in [1.82, 2.24) is 14.7 Å². The van der Waals surface area contributed by atoms with E-state index < -0.39 is 29.5 Å². The first-order valence-corrected chi connectivity index (χ1v) is 12.5. The van der Waals surface area contributed by atoms with E-state index in [-0.39, 0.29) is 35.1 Å². The summed E-state index contributed by atoms with van der Waals surface area (Å²) in [6, 6.07) is 11.8. The topological polar surface area (TPSA) is 123 Å². The van der Waals surface area contributed by atoms with Crippen LogP contribution in [0.15, 0.2) is 48.5 Å². The molecule has 0 aliphatic carbocycles. The van der Waals surface area contributed by atoms with Crippen LogP contribution in [0.25, 0.3) is 0 Å². The van der Waals surface area contributed by atoms with Crippen molar-refractivity contribution in [2.24, 2.45) is 0 Å². The van der Waals surface area contributed by atoms with Gasteiger partial charge >= 0.3 is 18.1 Å². The quantitative estimate of drug-likeness (QED) is 0.319. The fourth-order valence-electron chi connectivity index (χ4n) is 4.20. The van der Waals surface area contributed by atoms with E-state index >= 15 is 0 Å². The van der Waals surface area contributed by atoms with Crippen molar-refractivity contribution in [2.45, 2.75) is 32.9 Å². The van der Waals surface area contributed by atoms with Crippen molar-refractivity contribution in [2.75, 3.05) is 23.5 Å². The van der Waals surface area contributed by atoms with E-state index in [4.69, 9.17) is 28.1 Å². The number of nitrogens with one attached hydrogen (secondary N) is 1. The number of halogens is 2. The summed E-state index contributed by atoms with van der Waals surface area (Å²) >= 11 is 12.6. The molecule has 0 atom stereocenters. The van der Waals surface area contributed by atoms with Crippen molar-refractivity contribution in [3.63, 3.8) is 0 Å². The van der Waals surface area contributed by atoms with Gasteiger partial charge in [0, 0.05) is 22.9 Å². The molecule has 4 rings (SSSR count). The summed E-state index contributed by atoms with van der Waals surface area (Å²) in [7, 11) is 1.26. The molecule has 0 radical (unpaired) electrons. The first-order valence-electron chi connectivity index (χ1n) is 11.8. The maximum atomic E-state index is 13.5. The highest BCUT2D eigenvalue weighted by atomic mass is 35.5. The average molecular weight is 574 g/mol. The zero-order valence-electron chi connectivity index (χ0n) is 21.5. The molecule has 1 aromatic heterocycles. The number of urea groups is 1. The number of esters is 1. The molecule has 1 aliphatic heterocycles. The van der Waals surface area contributed by atoms with Crippen LogP contribution < -0.4 is 9.74 Å². The van der Waals surface area contributed by atoms with Gasteiger partial charge in [0.2, 0.25) is 0 Å². The highest BCUT2D eigenvalue weighted by Gasteiger charge is 2.47. The molecule has 11 nitrogen and oxygen atoms in total. The number of hydrogen-bond donors (Lipinski definition) is 1. The number of ether oxygens (including phenoxy) is 2. The molecule has 0 fully saturated rings. The molecular formula is C26H25Cl2N5O6. The number of rotatable bonds is 5. The summed E-state index contributed by atoms with van der Waals surface area (Å²) in [5, 5.41) is 7.43. The van der Waals surface area contributed by atoms with Crippen molar-refractivity contribution < 1.29 is 28.7 Å². The Morgan fingerprint density at radius 1 is 1.08 bits per heavy atom. The van der Waals surface area contributed by atoms with E-state index in [1.807, 2.05) is 0 Å². The summed E-state index contributed by atoms with van der Waals surface area (Å²) in [6.45, 7) is 5.19. The molecular weight excluding hydrogens is 549 g/mol. The lowest BCUT2D eigenvalue weighted by Crippen LogP contribution is -2.46. The van der Waals surface area contributed by atoms with Crippen molar-refractivity contribution in [3.8, 4) is 0 Å². The summed E-state index contributed by atoms with van der Waals surface area (Å²) in [5.74, 6) is -1.07. The van der Waals surface area contributed by atoms with Crippen LogP contribution >= 0.6 is 23.4 Å². The lowest BCUT2D eigenvalue weighted by Gasteiger charge is -2.33. The van der Waals surface area contributed by atoms with Crippen LogP contribution in [0.4, 0.5) is 21.1 Å². The molecule has 0 saturated carbocycles. The molecule has 39 heavy (non-hydrogen) atoms. The van der Waals surface area contributed by atoms with Crippen LogP contribution in [0, 0.1) is 0 Å². The Morgan fingerprint density at radius 3 is 2.33 bits per heavy atom. The summed E-state index contributed by atoms with van der Waals surface area (Å²) in [5.41, 5.74) is 0.567. The third-order valence-corrected chi connectivity index (χ3v) is 6.90. The molecule has 0 unspecified atom stereocenters. The van der Waals surface area contributed by atoms with E-state index in [9.17, 15) is 19.2 Å². The van der Waals surface area contributed by atoms with Crippen molar-refractivity contribution in [3.05, 3.63) is 75.9 Å². The molecule has 2 aromatic carbocycles. The number of para-hydroxylation sites is 1. The summed E-state index contributed by atoms with van der Waals surface area (Å²) in [4.78, 5) is 52.6. The Morgan fingerprint density at radius 2 is 1.72 bits per heavy atom. The molecule has 204 valence electrons. The third kappa shape index (κ3) is 5.15. The Labute approximate surface area is 234 Å². The highest BCUT2D eigenvalue weighted by Crippen LogP contribution is 2.43. The minimum atomic E-state index is -1.03. The van der Waals surface area contributed by atoms with Gasteiger partial charge in [-0.25, -0.2) is 18.8 Å². The maximum Gasteiger partial charge on any atom is 0.436 e. The van der Waals surface area contributed by atoms with Crippen LogP contribution in [0.2, 0.25) is 5.02 Å². The van der Waals surface area contributed by atoms with Crippen molar-refractivity contribution in [1.29, 1.82) is 0 Å². The molecule has 13 heteroatoms. The lowest BCUT2D eigenvalue weighted by atomic mass is 10.0. The van der Waals surface area contributed by atoms with Gasteiger partial charge in [-0.3, -0.25) is 4.79 Å². The third-order valence-electron chi connectivity index (χ3n) is 6.26. The van der Waals surface area contributed by atoms with Crippen molar-refractivity contribution >= 4 is 58.9 Å². The molecule has 1 aliphatic rings. The van der Waals surface area contributed by atoms with E-state index in [1.165, 1.54) is 36.3 Å². The monoisotopic (exact) mass is 573 g/mol. The predicted octanol–water partition coefficient (Wildman–Crippen LogP) is 5.41. The Bertz CT molecular complexity index is 1450. The summed E-state index contributed by atoms with van der Waals surface area (Å²) in [6.07, 6.45) is -0.799. The molecule has 3 aromatic rings. The number of methoxy groups -OCH3 is 1. The number of fused-ring (bicyclic) bond motifs is 1. The van der Waals surface area contributed by atoms with E-state index in [1.54, 1.807) is 45.0 Å². The van der Waals surface area contributed by atoms with Gasteiger partial charge in [0.1, 0.15) is 5.82 Å². The van der Waals surface area contributed by atoms with Gasteiger partial charge in [0.05, 0.1) is 47.8 Å². The van der Waals surface area contributed by atoms with E-state index in [0.717, 1.165) is 9.10 Å². The minimum Gasteiger partial charge on any atom is -0.465 e. The number of amides is 3. The Kier molecular flexibility index (Phi) is 7.84. The molecule has 1 N–H and O–H groups in total. The number of carbonyl (C=O) groups excluding carboxylic acids is 4. The molecule has 0 saturated heterocycles. The number of hydrogen-bond acceptors (Lipinski definition) is 7. The molecule has 2 heterocycles. The Balaban J connectivity index is 1.68. The number of aromatic nitrogens is 2. The van der Waals surface area contributed by atoms with Gasteiger partial charge in [0.15, 0.2) is 0 Å². The first-order chi connectivity index (χ1) is 18.5. The normalized spacial score (nSPS) is 13.4. The van der Waals surface area contributed by atoms with Crippen LogP contribution in [0.1, 0.15) is 52.7 Å². The van der Waals surface area contributed by atoms with Gasteiger partial charge in [-0.05, 0) is 57.2 Å². The molecule has 0 spiro atoms. The van der Waals surface area contributed by atoms with Gasteiger partial charge in [0.25, 0.3) is 5.91 Å². The van der Waals surface area contributed by atoms with E-state index in [0.29, 0.717) is 16.9 Å². The Hall–Kier alpha value is -4.09. The molecule has 3 amide bonds. The standard InChI is InChI=1S/C26H25Cl2N5O6/c1-5-39-25(37)33-21(29-22(34)15-10-12-16(13-11-15)23(35)38-4)17-14-31(26(2,3)20(17)30-33)24(36)32(28)19-9-7-6-8-18(19)27/h6-13H,5,14H2,1-4H3,(H,29,34). The highest BCUT2D eigenvalue weighted by molar-refractivity contribution is 6.41. The predicted molar refractivity (Wildman–Crippen MR) is 144 cm³/mol. The lowest BCUT2D eigenvalue weighted by molar-refractivity contribution is 0.0600. The number of carbonyl (C=O) groups is 4. The number of benzene rings is 2. The van der Waals surface area contributed by atoms with Crippen LogP contribution in [0.5, 0.6) is 0 Å². The van der Waals surface area contributed by atoms with Gasteiger partial charge in [-0.1, -0.05) is 23.7 Å². The van der Waals surface area contributed by atoms with Crippen LogP contribution in [-0.2, 0) is 21.6 Å². The second-order valence-corrected chi connectivity index (χ2v) is 9.71. The van der Waals surface area contributed by atoms with Crippen LogP contribution in [-0.4, -0.2) is 52.4 Å². The molecule has 0 bridgehead atoms. The average Bonchev–Trinajstić information content (AvgIpc) is 3.41. The summed E-state index contributed by atoms with van der Waals surface area (Å²) < 4.78 is 11.7. The maximum absolute atomic E-state index is 13.5. The largest absolute Gasteiger partial charge is 0.465 e. The van der Waals surface area contributed by atoms with Crippen LogP contribution in [0.3, 0.4) is 0 Å². The fraction of sp³-hybridized carbons (Fsp3) is 0.269. The number of anilines is 2. The smallest absolute Gasteiger partial charge is 0.436 e. The van der Waals surface area contributed by atoms with Gasteiger partial charge < -0.3 is 19.7 Å². The minimum absolute atomic E-state index is 0.0227. The first kappa shape index (κ1) is 27.9. The second kappa shape index (κ2) is 11.0. The number of nitrogens with zero attached hydrogens (tertiary/aromatic N) is 4. The zero-order valence-corrected chi connectivity index (χ0v) is 23.0. The fourth-order valence-corrected chi connectivity index (χ4v) is 4.70. The zero-order chi connectivity index (χ0) is 28.5. The second-order valence-electron chi connectivity index (χ2n) is 8.97. The van der Waals surface area contributed by atoms with E-state index in [2.05, 4.69) is 15.2 Å². The SMILES string of the molecule is CCOC(=O)n1nc2c(c1NC(=O)c1ccc(C(=O)OC)cc1)CN(C(=O)N(Cl)c1ccccc1Cl)C2(C)C.